The van der Waals surface area contributed by atoms with Crippen molar-refractivity contribution in [1.82, 2.24) is 0 Å². The Morgan fingerprint density at radius 1 is 1.24 bits per heavy atom. The van der Waals surface area contributed by atoms with Crippen LogP contribution in [-0.2, 0) is 16.1 Å². The van der Waals surface area contributed by atoms with Crippen molar-refractivity contribution in [2.45, 2.75) is 32.7 Å². The van der Waals surface area contributed by atoms with E-state index in [0.717, 1.165) is 19.3 Å². The third-order valence-electron chi connectivity index (χ3n) is 4.82. The van der Waals surface area contributed by atoms with Crippen molar-refractivity contribution in [3.05, 3.63) is 29.6 Å². The SMILES string of the molecule is CCC1CC2C(=O)N(c3ccc(F)c(CN)c3)C(=O)C2C1. The highest BCUT2D eigenvalue weighted by Gasteiger charge is 2.52. The first-order chi connectivity index (χ1) is 10.1. The first kappa shape index (κ1) is 14.2. The number of carbonyl (C=O) groups is 2. The van der Waals surface area contributed by atoms with E-state index in [2.05, 4.69) is 6.92 Å². The normalized spacial score (nSPS) is 28.3. The minimum atomic E-state index is -0.411. The van der Waals surface area contributed by atoms with Crippen molar-refractivity contribution in [3.8, 4) is 0 Å². The molecule has 0 aromatic heterocycles. The molecule has 1 aromatic rings. The maximum Gasteiger partial charge on any atom is 0.237 e. The zero-order chi connectivity index (χ0) is 15.1. The Morgan fingerprint density at radius 3 is 2.38 bits per heavy atom. The van der Waals surface area contributed by atoms with E-state index in [4.69, 9.17) is 5.73 Å². The quantitative estimate of drug-likeness (QED) is 0.868. The number of hydrogen-bond donors (Lipinski definition) is 1. The Balaban J connectivity index is 1.91. The zero-order valence-corrected chi connectivity index (χ0v) is 12.0. The molecule has 2 N–H and O–H groups in total. The van der Waals surface area contributed by atoms with E-state index in [1.807, 2.05) is 0 Å². The van der Waals surface area contributed by atoms with E-state index in [1.165, 1.54) is 23.1 Å². The fraction of sp³-hybridized carbons (Fsp3) is 0.500. The van der Waals surface area contributed by atoms with Crippen LogP contribution in [0.15, 0.2) is 18.2 Å². The van der Waals surface area contributed by atoms with Gasteiger partial charge in [0.1, 0.15) is 5.82 Å². The Kier molecular flexibility index (Phi) is 3.53. The molecule has 1 aliphatic heterocycles. The summed E-state index contributed by atoms with van der Waals surface area (Å²) in [6, 6.07) is 4.24. The van der Waals surface area contributed by atoms with Crippen LogP contribution < -0.4 is 10.6 Å². The fourth-order valence-corrected chi connectivity index (χ4v) is 3.57. The summed E-state index contributed by atoms with van der Waals surface area (Å²) in [7, 11) is 0. The first-order valence-electron chi connectivity index (χ1n) is 7.43. The summed E-state index contributed by atoms with van der Waals surface area (Å²) in [4.78, 5) is 26.3. The predicted octanol–water partition coefficient (Wildman–Crippen LogP) is 2.21. The maximum atomic E-state index is 13.5. The van der Waals surface area contributed by atoms with Gasteiger partial charge in [0.15, 0.2) is 0 Å². The number of benzene rings is 1. The monoisotopic (exact) mass is 290 g/mol. The van der Waals surface area contributed by atoms with Gasteiger partial charge in [-0.3, -0.25) is 14.5 Å². The van der Waals surface area contributed by atoms with Crippen molar-refractivity contribution >= 4 is 17.5 Å². The number of amides is 2. The van der Waals surface area contributed by atoms with Crippen molar-refractivity contribution in [2.24, 2.45) is 23.5 Å². The lowest BCUT2D eigenvalue weighted by Gasteiger charge is -2.18. The number of nitrogens with zero attached hydrogens (tertiary/aromatic N) is 1. The molecule has 5 heteroatoms. The van der Waals surface area contributed by atoms with Crippen LogP contribution in [0.4, 0.5) is 10.1 Å². The smallest absolute Gasteiger partial charge is 0.237 e. The minimum absolute atomic E-state index is 0.0423. The molecule has 4 nitrogen and oxygen atoms in total. The van der Waals surface area contributed by atoms with Crippen LogP contribution in [-0.4, -0.2) is 11.8 Å². The van der Waals surface area contributed by atoms with Gasteiger partial charge in [0, 0.05) is 12.1 Å². The van der Waals surface area contributed by atoms with Crippen molar-refractivity contribution < 1.29 is 14.0 Å². The van der Waals surface area contributed by atoms with Gasteiger partial charge >= 0.3 is 0 Å². The van der Waals surface area contributed by atoms with Gasteiger partial charge in [-0.15, -0.1) is 0 Å². The third-order valence-corrected chi connectivity index (χ3v) is 4.82. The van der Waals surface area contributed by atoms with Gasteiger partial charge in [-0.25, -0.2) is 4.39 Å². The number of hydrogen-bond acceptors (Lipinski definition) is 3. The van der Waals surface area contributed by atoms with Gasteiger partial charge in [0.25, 0.3) is 0 Å². The number of fused-ring (bicyclic) bond motifs is 1. The molecular weight excluding hydrogens is 271 g/mol. The van der Waals surface area contributed by atoms with E-state index in [1.54, 1.807) is 0 Å². The number of halogens is 1. The Hall–Kier alpha value is -1.75. The fourth-order valence-electron chi connectivity index (χ4n) is 3.57. The Labute approximate surface area is 123 Å². The second-order valence-electron chi connectivity index (χ2n) is 5.95. The summed E-state index contributed by atoms with van der Waals surface area (Å²) in [6.07, 6.45) is 2.57. The number of carbonyl (C=O) groups excluding carboxylic acids is 2. The molecule has 1 aromatic carbocycles. The average Bonchev–Trinajstić information content (AvgIpc) is 3.01. The second kappa shape index (κ2) is 5.22. The number of rotatable bonds is 3. The van der Waals surface area contributed by atoms with Crippen LogP contribution in [0, 0.1) is 23.6 Å². The van der Waals surface area contributed by atoms with Crippen molar-refractivity contribution in [1.29, 1.82) is 0 Å². The summed E-state index contributed by atoms with van der Waals surface area (Å²) >= 11 is 0. The molecule has 0 radical (unpaired) electrons. The number of imide groups is 1. The second-order valence-corrected chi connectivity index (χ2v) is 5.95. The third kappa shape index (κ3) is 2.16. The summed E-state index contributed by atoms with van der Waals surface area (Å²) in [5, 5.41) is 0. The molecule has 1 saturated heterocycles. The topological polar surface area (TPSA) is 63.4 Å². The molecule has 1 aliphatic carbocycles. The number of nitrogens with two attached hydrogens (primary N) is 1. The number of anilines is 1. The molecule has 0 bridgehead atoms. The highest BCUT2D eigenvalue weighted by atomic mass is 19.1. The van der Waals surface area contributed by atoms with Crippen molar-refractivity contribution in [3.63, 3.8) is 0 Å². The van der Waals surface area contributed by atoms with E-state index in [0.29, 0.717) is 17.2 Å². The first-order valence-corrected chi connectivity index (χ1v) is 7.43. The molecule has 0 spiro atoms. The van der Waals surface area contributed by atoms with Gasteiger partial charge in [-0.2, -0.15) is 0 Å². The van der Waals surface area contributed by atoms with E-state index >= 15 is 0 Å². The van der Waals surface area contributed by atoms with E-state index in [-0.39, 0.29) is 30.2 Å². The molecule has 2 atom stereocenters. The van der Waals surface area contributed by atoms with E-state index in [9.17, 15) is 14.0 Å². The van der Waals surface area contributed by atoms with Crippen LogP contribution in [0.2, 0.25) is 0 Å². The zero-order valence-electron chi connectivity index (χ0n) is 12.0. The molecule has 2 fully saturated rings. The summed E-state index contributed by atoms with van der Waals surface area (Å²) in [5.74, 6) is -0.636. The summed E-state index contributed by atoms with van der Waals surface area (Å²) in [6.45, 7) is 2.13. The lowest BCUT2D eigenvalue weighted by atomic mass is 10.00. The maximum absolute atomic E-state index is 13.5. The highest BCUT2D eigenvalue weighted by molar-refractivity contribution is 6.22. The summed E-state index contributed by atoms with van der Waals surface area (Å²) < 4.78 is 13.5. The van der Waals surface area contributed by atoms with Gasteiger partial charge in [-0.1, -0.05) is 13.3 Å². The Morgan fingerprint density at radius 2 is 1.86 bits per heavy atom. The van der Waals surface area contributed by atoms with Crippen LogP contribution in [0.3, 0.4) is 0 Å². The Bertz CT molecular complexity index is 578. The lowest BCUT2D eigenvalue weighted by molar-refractivity contribution is -0.123. The molecule has 2 unspecified atom stereocenters. The van der Waals surface area contributed by atoms with Gasteiger partial charge in [-0.05, 0) is 37.0 Å². The lowest BCUT2D eigenvalue weighted by Crippen LogP contribution is -2.32. The van der Waals surface area contributed by atoms with Gasteiger partial charge in [0.2, 0.25) is 11.8 Å². The molecule has 1 saturated carbocycles. The molecule has 2 amide bonds. The molecule has 21 heavy (non-hydrogen) atoms. The van der Waals surface area contributed by atoms with E-state index < -0.39 is 5.82 Å². The van der Waals surface area contributed by atoms with Gasteiger partial charge < -0.3 is 5.73 Å². The van der Waals surface area contributed by atoms with Crippen molar-refractivity contribution in [2.75, 3.05) is 4.90 Å². The standard InChI is InChI=1S/C16H19FN2O2/c1-2-9-5-12-13(6-9)16(21)19(15(12)20)11-3-4-14(17)10(7-11)8-18/h3-4,7,9,12-13H,2,5-6,8,18H2,1H3. The summed E-state index contributed by atoms with van der Waals surface area (Å²) in [5.41, 5.74) is 6.24. The molecule has 3 rings (SSSR count). The molecule has 112 valence electrons. The molecule has 1 heterocycles. The molecular formula is C16H19FN2O2. The predicted molar refractivity (Wildman–Crippen MR) is 76.8 cm³/mol. The minimum Gasteiger partial charge on any atom is -0.326 e. The highest BCUT2D eigenvalue weighted by Crippen LogP contribution is 2.45. The largest absolute Gasteiger partial charge is 0.326 e. The van der Waals surface area contributed by atoms with Crippen LogP contribution in [0.1, 0.15) is 31.7 Å². The van der Waals surface area contributed by atoms with Crippen LogP contribution in [0.5, 0.6) is 0 Å². The van der Waals surface area contributed by atoms with Crippen LogP contribution >= 0.6 is 0 Å². The van der Waals surface area contributed by atoms with Gasteiger partial charge in [0.05, 0.1) is 17.5 Å². The van der Waals surface area contributed by atoms with Crippen LogP contribution in [0.25, 0.3) is 0 Å². The average molecular weight is 290 g/mol. The molecule has 2 aliphatic rings.